The lowest BCUT2D eigenvalue weighted by Crippen LogP contribution is -2.31. The lowest BCUT2D eigenvalue weighted by molar-refractivity contribution is -0.138. The van der Waals surface area contributed by atoms with E-state index in [0.717, 1.165) is 11.1 Å². The highest BCUT2D eigenvalue weighted by Gasteiger charge is 2.30. The van der Waals surface area contributed by atoms with Crippen LogP contribution in [0.1, 0.15) is 77.9 Å². The standard InChI is InChI=1S/C29H36N4O6.BrH/c1-7-39-24-13-18-15-33(27(30)19(18)14-20(24)28(38)31-5)16-23(34)17-8-9-22(21(12-17)29(2,3)4)32(6)25(35)10-11-26(36)37;/h8-9,12-14,30H,7,10-11,15-16H2,1-6H3,(H,31,38)(H,36,37);1H. The summed E-state index contributed by atoms with van der Waals surface area (Å²) < 4.78 is 5.65. The topological polar surface area (TPSA) is 140 Å². The Labute approximate surface area is 245 Å². The second kappa shape index (κ2) is 13.1. The van der Waals surface area contributed by atoms with E-state index in [-0.39, 0.29) is 59.8 Å². The number of anilines is 1. The largest absolute Gasteiger partial charge is 0.493 e. The zero-order valence-corrected chi connectivity index (χ0v) is 25.4. The fourth-order valence-electron chi connectivity index (χ4n) is 4.53. The zero-order chi connectivity index (χ0) is 29.1. The van der Waals surface area contributed by atoms with Crippen LogP contribution < -0.4 is 15.0 Å². The van der Waals surface area contributed by atoms with E-state index in [1.165, 1.54) is 11.9 Å². The molecule has 2 aromatic carbocycles. The molecule has 40 heavy (non-hydrogen) atoms. The Bertz CT molecular complexity index is 1330. The molecular weight excluding hydrogens is 580 g/mol. The normalized spacial score (nSPS) is 12.3. The smallest absolute Gasteiger partial charge is 0.303 e. The van der Waals surface area contributed by atoms with Crippen LogP contribution in [0.4, 0.5) is 5.69 Å². The molecule has 10 nitrogen and oxygen atoms in total. The molecule has 0 fully saturated rings. The first kappa shape index (κ1) is 32.5. The highest BCUT2D eigenvalue weighted by Crippen LogP contribution is 2.34. The van der Waals surface area contributed by atoms with Gasteiger partial charge in [0.05, 0.1) is 25.1 Å². The minimum absolute atomic E-state index is 0. The number of aliphatic carboxylic acids is 1. The average Bonchev–Trinajstić information content (AvgIpc) is 3.18. The number of hydrogen-bond acceptors (Lipinski definition) is 6. The summed E-state index contributed by atoms with van der Waals surface area (Å²) in [7, 11) is 3.13. The molecule has 2 aromatic rings. The number of nitrogens with one attached hydrogen (secondary N) is 2. The molecule has 0 spiro atoms. The van der Waals surface area contributed by atoms with Gasteiger partial charge in [-0.2, -0.15) is 0 Å². The minimum Gasteiger partial charge on any atom is -0.493 e. The Balaban J connectivity index is 0.00000560. The predicted octanol–water partition coefficient (Wildman–Crippen LogP) is 4.17. The van der Waals surface area contributed by atoms with Gasteiger partial charge in [-0.05, 0) is 53.8 Å². The molecule has 1 aliphatic heterocycles. The quantitative estimate of drug-likeness (QED) is 0.340. The number of fused-ring (bicyclic) bond motifs is 1. The van der Waals surface area contributed by atoms with Crippen LogP contribution in [0.15, 0.2) is 30.3 Å². The Morgan fingerprint density at radius 2 is 1.80 bits per heavy atom. The molecule has 0 aliphatic carbocycles. The molecule has 3 rings (SSSR count). The third-order valence-corrected chi connectivity index (χ3v) is 6.66. The second-order valence-electron chi connectivity index (χ2n) is 10.5. The molecule has 0 atom stereocenters. The summed E-state index contributed by atoms with van der Waals surface area (Å²) in [6, 6.07) is 8.52. The first-order valence-electron chi connectivity index (χ1n) is 12.8. The number of benzene rings is 2. The number of halogens is 1. The van der Waals surface area contributed by atoms with Gasteiger partial charge >= 0.3 is 5.97 Å². The van der Waals surface area contributed by atoms with E-state index >= 15 is 0 Å². The van der Waals surface area contributed by atoms with Crippen molar-refractivity contribution in [2.24, 2.45) is 0 Å². The number of carboxylic acid groups (broad SMARTS) is 1. The van der Waals surface area contributed by atoms with Crippen LogP contribution in [-0.2, 0) is 21.5 Å². The number of nitrogens with zero attached hydrogens (tertiary/aromatic N) is 2. The monoisotopic (exact) mass is 616 g/mol. The number of carbonyl (C=O) groups excluding carboxylic acids is 3. The Morgan fingerprint density at radius 1 is 1.12 bits per heavy atom. The number of amides is 2. The summed E-state index contributed by atoms with van der Waals surface area (Å²) in [6.45, 7) is 8.43. The first-order valence-corrected chi connectivity index (χ1v) is 12.8. The number of ether oxygens (including phenoxy) is 1. The van der Waals surface area contributed by atoms with E-state index in [0.29, 0.717) is 41.3 Å². The lowest BCUT2D eigenvalue weighted by Gasteiger charge is -2.28. The first-order chi connectivity index (χ1) is 18.3. The Morgan fingerprint density at radius 3 is 2.38 bits per heavy atom. The van der Waals surface area contributed by atoms with E-state index in [1.807, 2.05) is 27.7 Å². The third kappa shape index (κ3) is 7.07. The average molecular weight is 618 g/mol. The van der Waals surface area contributed by atoms with Crippen molar-refractivity contribution >= 4 is 52.1 Å². The van der Waals surface area contributed by atoms with Crippen molar-refractivity contribution in [2.45, 2.75) is 52.5 Å². The van der Waals surface area contributed by atoms with Crippen molar-refractivity contribution in [3.05, 3.63) is 58.1 Å². The van der Waals surface area contributed by atoms with Gasteiger partial charge < -0.3 is 25.0 Å². The van der Waals surface area contributed by atoms with Gasteiger partial charge in [0.25, 0.3) is 5.91 Å². The number of ketones is 1. The number of rotatable bonds is 10. The maximum atomic E-state index is 13.4. The fourth-order valence-corrected chi connectivity index (χ4v) is 4.53. The molecular formula is C29H37BrN4O6. The molecule has 0 saturated heterocycles. The SMILES string of the molecule is Br.CCOc1cc2c(cc1C(=O)NC)C(=N)N(CC(=O)c1ccc(N(C)C(=O)CCC(=O)O)c(C(C)(C)C)c1)C2. The fraction of sp³-hybridized carbons (Fsp3) is 0.414. The number of amidine groups is 1. The van der Waals surface area contributed by atoms with Gasteiger partial charge in [0.15, 0.2) is 5.78 Å². The van der Waals surface area contributed by atoms with Gasteiger partial charge in [-0.15, -0.1) is 17.0 Å². The lowest BCUT2D eigenvalue weighted by atomic mass is 9.84. The maximum Gasteiger partial charge on any atom is 0.303 e. The van der Waals surface area contributed by atoms with E-state index in [2.05, 4.69) is 5.32 Å². The predicted molar refractivity (Wildman–Crippen MR) is 158 cm³/mol. The minimum atomic E-state index is -1.04. The van der Waals surface area contributed by atoms with Crippen LogP contribution in [0, 0.1) is 5.41 Å². The number of Topliss-reactive ketones (excluding diaryl/α,β-unsaturated/α-hetero) is 1. The molecule has 2 amide bonds. The summed E-state index contributed by atoms with van der Waals surface area (Å²) in [5.74, 6) is -1.28. The molecule has 3 N–H and O–H groups in total. The van der Waals surface area contributed by atoms with Crippen molar-refractivity contribution < 1.29 is 29.0 Å². The van der Waals surface area contributed by atoms with Crippen molar-refractivity contribution in [1.82, 2.24) is 10.2 Å². The molecule has 11 heteroatoms. The highest BCUT2D eigenvalue weighted by molar-refractivity contribution is 8.93. The Hall–Kier alpha value is -3.73. The molecule has 0 aromatic heterocycles. The molecule has 216 valence electrons. The van der Waals surface area contributed by atoms with Crippen LogP contribution in [-0.4, -0.2) is 66.7 Å². The van der Waals surface area contributed by atoms with Crippen LogP contribution in [0.5, 0.6) is 5.75 Å². The Kier molecular flexibility index (Phi) is 10.6. The van der Waals surface area contributed by atoms with Crippen molar-refractivity contribution in [2.75, 3.05) is 32.1 Å². The van der Waals surface area contributed by atoms with Crippen LogP contribution in [0.3, 0.4) is 0 Å². The molecule has 1 heterocycles. The van der Waals surface area contributed by atoms with Crippen molar-refractivity contribution in [3.8, 4) is 5.75 Å². The van der Waals surface area contributed by atoms with Gasteiger partial charge in [-0.25, -0.2) is 0 Å². The highest BCUT2D eigenvalue weighted by atomic mass is 79.9. The van der Waals surface area contributed by atoms with Gasteiger partial charge in [-0.3, -0.25) is 24.6 Å². The van der Waals surface area contributed by atoms with E-state index < -0.39 is 11.4 Å². The number of carbonyl (C=O) groups is 4. The van der Waals surface area contributed by atoms with Gasteiger partial charge in [-0.1, -0.05) is 20.8 Å². The van der Waals surface area contributed by atoms with Gasteiger partial charge in [0.2, 0.25) is 5.91 Å². The molecule has 0 radical (unpaired) electrons. The van der Waals surface area contributed by atoms with E-state index in [9.17, 15) is 19.2 Å². The van der Waals surface area contributed by atoms with Gasteiger partial charge in [0.1, 0.15) is 11.6 Å². The number of carboxylic acids is 1. The summed E-state index contributed by atoms with van der Waals surface area (Å²) >= 11 is 0. The van der Waals surface area contributed by atoms with Crippen molar-refractivity contribution in [1.29, 1.82) is 5.41 Å². The molecule has 0 unspecified atom stereocenters. The zero-order valence-electron chi connectivity index (χ0n) is 23.7. The van der Waals surface area contributed by atoms with Gasteiger partial charge in [0, 0.05) is 43.9 Å². The van der Waals surface area contributed by atoms with Crippen LogP contribution in [0.2, 0.25) is 0 Å². The van der Waals surface area contributed by atoms with E-state index in [1.54, 1.807) is 42.3 Å². The molecule has 0 saturated carbocycles. The maximum absolute atomic E-state index is 13.4. The molecule has 1 aliphatic rings. The van der Waals surface area contributed by atoms with Crippen LogP contribution in [0.25, 0.3) is 0 Å². The molecule has 0 bridgehead atoms. The van der Waals surface area contributed by atoms with Crippen molar-refractivity contribution in [3.63, 3.8) is 0 Å². The summed E-state index contributed by atoms with van der Waals surface area (Å²) in [4.78, 5) is 52.4. The second-order valence-corrected chi connectivity index (χ2v) is 10.5. The summed E-state index contributed by atoms with van der Waals surface area (Å²) in [5, 5.41) is 20.2. The van der Waals surface area contributed by atoms with Crippen LogP contribution >= 0.6 is 17.0 Å². The third-order valence-electron chi connectivity index (χ3n) is 6.66. The number of hydrogen-bond donors (Lipinski definition) is 3. The summed E-state index contributed by atoms with van der Waals surface area (Å²) in [5.41, 5.74) is 3.14. The van der Waals surface area contributed by atoms with E-state index in [4.69, 9.17) is 15.3 Å². The summed E-state index contributed by atoms with van der Waals surface area (Å²) in [6.07, 6.45) is -0.383.